The zero-order valence-electron chi connectivity index (χ0n) is 14.0. The van der Waals surface area contributed by atoms with Crippen LogP contribution < -0.4 is 11.1 Å². The molecule has 2 fully saturated rings. The van der Waals surface area contributed by atoms with Crippen LogP contribution in [0.4, 0.5) is 4.79 Å². The molecule has 130 valence electrons. The predicted molar refractivity (Wildman–Crippen MR) is 92.1 cm³/mol. The summed E-state index contributed by atoms with van der Waals surface area (Å²) in [7, 11) is 0. The van der Waals surface area contributed by atoms with Crippen LogP contribution in [0.5, 0.6) is 0 Å². The molecule has 6 nitrogen and oxygen atoms in total. The van der Waals surface area contributed by atoms with Gasteiger partial charge < -0.3 is 16.0 Å². The van der Waals surface area contributed by atoms with Crippen LogP contribution in [-0.4, -0.2) is 47.9 Å². The highest BCUT2D eigenvalue weighted by Crippen LogP contribution is 2.18. The molecule has 2 aliphatic heterocycles. The summed E-state index contributed by atoms with van der Waals surface area (Å²) in [5.41, 5.74) is 7.75. The molecule has 2 heterocycles. The first-order chi connectivity index (χ1) is 11.6. The lowest BCUT2D eigenvalue weighted by Gasteiger charge is -2.20. The molecule has 24 heavy (non-hydrogen) atoms. The minimum absolute atomic E-state index is 0.116. The van der Waals surface area contributed by atoms with Crippen molar-refractivity contribution in [3.63, 3.8) is 0 Å². The van der Waals surface area contributed by atoms with Crippen LogP contribution in [0.2, 0.25) is 0 Å². The summed E-state index contributed by atoms with van der Waals surface area (Å²) in [5, 5.41) is 2.98. The van der Waals surface area contributed by atoms with Gasteiger partial charge in [0.2, 0.25) is 5.91 Å². The minimum Gasteiger partial charge on any atom is -0.369 e. The van der Waals surface area contributed by atoms with E-state index in [1.165, 1.54) is 18.4 Å². The highest BCUT2D eigenvalue weighted by atomic mass is 16.2. The van der Waals surface area contributed by atoms with Gasteiger partial charge >= 0.3 is 6.03 Å². The molecule has 1 aromatic carbocycles. The molecule has 1 atom stereocenters. The van der Waals surface area contributed by atoms with Crippen LogP contribution in [0.1, 0.15) is 30.4 Å². The topological polar surface area (TPSA) is 78.7 Å². The Hall–Kier alpha value is -2.08. The summed E-state index contributed by atoms with van der Waals surface area (Å²) >= 11 is 0. The summed E-state index contributed by atoms with van der Waals surface area (Å²) in [4.78, 5) is 27.6. The van der Waals surface area contributed by atoms with Crippen molar-refractivity contribution in [1.82, 2.24) is 15.1 Å². The highest BCUT2D eigenvalue weighted by Gasteiger charge is 2.29. The van der Waals surface area contributed by atoms with Crippen molar-refractivity contribution in [3.8, 4) is 0 Å². The molecule has 0 radical (unpaired) electrons. The van der Waals surface area contributed by atoms with E-state index in [4.69, 9.17) is 5.73 Å². The average Bonchev–Trinajstić information content (AvgIpc) is 3.25. The summed E-state index contributed by atoms with van der Waals surface area (Å²) in [5.74, 6) is -0.528. The SMILES string of the molecule is NC(=O)[C@@H]1CCN(C(=O)NCc2ccccc2CN2CCCC2)C1. The number of nitrogens with zero attached hydrogens (tertiary/aromatic N) is 2. The fourth-order valence-corrected chi connectivity index (χ4v) is 3.53. The Kier molecular flexibility index (Phi) is 5.35. The molecule has 0 unspecified atom stereocenters. The van der Waals surface area contributed by atoms with E-state index in [1.807, 2.05) is 6.07 Å². The number of urea groups is 1. The van der Waals surface area contributed by atoms with Crippen molar-refractivity contribution in [1.29, 1.82) is 0 Å². The van der Waals surface area contributed by atoms with Gasteiger partial charge in [0.25, 0.3) is 0 Å². The minimum atomic E-state index is -0.318. The Balaban J connectivity index is 1.54. The van der Waals surface area contributed by atoms with Crippen molar-refractivity contribution in [2.24, 2.45) is 11.7 Å². The first kappa shape index (κ1) is 16.8. The number of carbonyl (C=O) groups is 2. The number of likely N-dealkylation sites (tertiary alicyclic amines) is 2. The number of hydrogen-bond donors (Lipinski definition) is 2. The summed E-state index contributed by atoms with van der Waals surface area (Å²) in [6.07, 6.45) is 3.21. The fraction of sp³-hybridized carbons (Fsp3) is 0.556. The maximum Gasteiger partial charge on any atom is 0.317 e. The van der Waals surface area contributed by atoms with Gasteiger partial charge in [-0.3, -0.25) is 9.69 Å². The second-order valence-corrected chi connectivity index (χ2v) is 6.74. The molecule has 6 heteroatoms. The average molecular weight is 330 g/mol. The van der Waals surface area contributed by atoms with Gasteiger partial charge in [0.1, 0.15) is 0 Å². The van der Waals surface area contributed by atoms with Crippen LogP contribution in [0, 0.1) is 5.92 Å². The zero-order valence-corrected chi connectivity index (χ0v) is 14.0. The largest absolute Gasteiger partial charge is 0.369 e. The van der Waals surface area contributed by atoms with Gasteiger partial charge in [0.05, 0.1) is 5.92 Å². The number of benzene rings is 1. The Morgan fingerprint density at radius 3 is 2.50 bits per heavy atom. The van der Waals surface area contributed by atoms with E-state index >= 15 is 0 Å². The summed E-state index contributed by atoms with van der Waals surface area (Å²) < 4.78 is 0. The number of carbonyl (C=O) groups excluding carboxylic acids is 2. The van der Waals surface area contributed by atoms with Gasteiger partial charge in [-0.1, -0.05) is 24.3 Å². The van der Waals surface area contributed by atoms with E-state index in [9.17, 15) is 9.59 Å². The molecule has 0 aromatic heterocycles. The predicted octanol–water partition coefficient (Wildman–Crippen LogP) is 1.30. The lowest BCUT2D eigenvalue weighted by atomic mass is 10.1. The van der Waals surface area contributed by atoms with Crippen LogP contribution in [0.3, 0.4) is 0 Å². The number of primary amides is 1. The van der Waals surface area contributed by atoms with Crippen molar-refractivity contribution >= 4 is 11.9 Å². The Bertz CT molecular complexity index is 598. The van der Waals surface area contributed by atoms with Crippen LogP contribution in [0.15, 0.2) is 24.3 Å². The van der Waals surface area contributed by atoms with Crippen LogP contribution in [-0.2, 0) is 17.9 Å². The third kappa shape index (κ3) is 4.06. The number of amides is 3. The van der Waals surface area contributed by atoms with E-state index < -0.39 is 0 Å². The van der Waals surface area contributed by atoms with Gasteiger partial charge in [-0.05, 0) is 43.5 Å². The van der Waals surface area contributed by atoms with E-state index in [2.05, 4.69) is 28.4 Å². The molecule has 3 N–H and O–H groups in total. The first-order valence-corrected chi connectivity index (χ1v) is 8.74. The fourth-order valence-electron chi connectivity index (χ4n) is 3.53. The van der Waals surface area contributed by atoms with Crippen LogP contribution in [0.25, 0.3) is 0 Å². The molecule has 0 saturated carbocycles. The van der Waals surface area contributed by atoms with E-state index in [1.54, 1.807) is 4.90 Å². The molecule has 3 amide bonds. The molecule has 1 aromatic rings. The zero-order chi connectivity index (χ0) is 16.9. The number of hydrogen-bond acceptors (Lipinski definition) is 3. The normalized spacial score (nSPS) is 21.2. The van der Waals surface area contributed by atoms with E-state index in [0.29, 0.717) is 26.1 Å². The van der Waals surface area contributed by atoms with Crippen molar-refractivity contribution in [3.05, 3.63) is 35.4 Å². The summed E-state index contributed by atoms with van der Waals surface area (Å²) in [6, 6.07) is 8.15. The lowest BCUT2D eigenvalue weighted by molar-refractivity contribution is -0.121. The Morgan fingerprint density at radius 1 is 1.12 bits per heavy atom. The third-order valence-electron chi connectivity index (χ3n) is 5.02. The maximum absolute atomic E-state index is 12.3. The van der Waals surface area contributed by atoms with E-state index in [-0.39, 0.29) is 17.9 Å². The Labute approximate surface area is 143 Å². The smallest absolute Gasteiger partial charge is 0.317 e. The van der Waals surface area contributed by atoms with Crippen molar-refractivity contribution in [2.75, 3.05) is 26.2 Å². The third-order valence-corrected chi connectivity index (χ3v) is 5.02. The number of nitrogens with one attached hydrogen (secondary N) is 1. The quantitative estimate of drug-likeness (QED) is 0.854. The maximum atomic E-state index is 12.3. The second-order valence-electron chi connectivity index (χ2n) is 6.74. The van der Waals surface area contributed by atoms with Gasteiger partial charge in [0, 0.05) is 26.2 Å². The van der Waals surface area contributed by atoms with Crippen molar-refractivity contribution in [2.45, 2.75) is 32.4 Å². The molecule has 0 spiro atoms. The summed E-state index contributed by atoms with van der Waals surface area (Å²) in [6.45, 7) is 4.79. The standard InChI is InChI=1S/C18H26N4O2/c19-17(23)16-7-10-22(13-16)18(24)20-11-14-5-1-2-6-15(14)12-21-8-3-4-9-21/h1-2,5-6,16H,3-4,7-13H2,(H2,19,23)(H,20,24)/t16-/m1/s1. The monoisotopic (exact) mass is 330 g/mol. The molecule has 0 aliphatic carbocycles. The number of nitrogens with two attached hydrogens (primary N) is 1. The van der Waals surface area contributed by atoms with Gasteiger partial charge in [-0.15, -0.1) is 0 Å². The second kappa shape index (κ2) is 7.66. The molecule has 0 bridgehead atoms. The van der Waals surface area contributed by atoms with Gasteiger partial charge in [0.15, 0.2) is 0 Å². The van der Waals surface area contributed by atoms with Crippen LogP contribution >= 0.6 is 0 Å². The van der Waals surface area contributed by atoms with Gasteiger partial charge in [-0.25, -0.2) is 4.79 Å². The highest BCUT2D eigenvalue weighted by molar-refractivity contribution is 5.80. The first-order valence-electron chi connectivity index (χ1n) is 8.74. The lowest BCUT2D eigenvalue weighted by Crippen LogP contribution is -2.39. The van der Waals surface area contributed by atoms with Crippen molar-refractivity contribution < 1.29 is 9.59 Å². The number of rotatable bonds is 5. The molecule has 3 rings (SSSR count). The molecular formula is C18H26N4O2. The molecule has 2 saturated heterocycles. The Morgan fingerprint density at radius 2 is 1.83 bits per heavy atom. The van der Waals surface area contributed by atoms with E-state index in [0.717, 1.165) is 25.2 Å². The molecule has 2 aliphatic rings. The van der Waals surface area contributed by atoms with Gasteiger partial charge in [-0.2, -0.15) is 0 Å². The molecular weight excluding hydrogens is 304 g/mol.